The van der Waals surface area contributed by atoms with Gasteiger partial charge in [0.05, 0.1) is 34.2 Å². The molecule has 6 rings (SSSR count). The molecule has 2 N–H and O–H groups in total. The van der Waals surface area contributed by atoms with Crippen molar-refractivity contribution in [3.8, 4) is 17.6 Å². The van der Waals surface area contributed by atoms with Gasteiger partial charge in [0.25, 0.3) is 5.91 Å². The number of aryl methyl sites for hydroxylation is 2. The summed E-state index contributed by atoms with van der Waals surface area (Å²) in [5.41, 5.74) is 10.5. The summed E-state index contributed by atoms with van der Waals surface area (Å²) < 4.78 is 22.7. The molecule has 0 aliphatic carbocycles. The van der Waals surface area contributed by atoms with Gasteiger partial charge in [-0.05, 0) is 36.8 Å². The van der Waals surface area contributed by atoms with Crippen LogP contribution in [0.4, 0.5) is 10.2 Å². The zero-order valence-electron chi connectivity index (χ0n) is 21.0. The van der Waals surface area contributed by atoms with Crippen LogP contribution in [0.15, 0.2) is 55.0 Å². The van der Waals surface area contributed by atoms with Crippen molar-refractivity contribution in [2.45, 2.75) is 13.0 Å². The van der Waals surface area contributed by atoms with Gasteiger partial charge in [-0.1, -0.05) is 17.9 Å². The predicted octanol–water partition coefficient (Wildman–Crippen LogP) is 4.15. The lowest BCUT2D eigenvalue weighted by Gasteiger charge is -2.24. The first kappa shape index (κ1) is 23.4. The summed E-state index contributed by atoms with van der Waals surface area (Å²) in [6.45, 7) is 2.23. The lowest BCUT2D eigenvalue weighted by molar-refractivity contribution is 0.0704. The summed E-state index contributed by atoms with van der Waals surface area (Å²) in [5.74, 6) is 6.03. The third kappa shape index (κ3) is 3.87. The quantitative estimate of drug-likeness (QED) is 0.361. The number of rotatable bonds is 2. The molecule has 1 aliphatic heterocycles. The maximum absolute atomic E-state index is 15.2. The van der Waals surface area contributed by atoms with E-state index in [-0.39, 0.29) is 24.0 Å². The van der Waals surface area contributed by atoms with E-state index in [4.69, 9.17) is 10.5 Å². The molecule has 3 aromatic heterocycles. The molecule has 188 valence electrons. The summed E-state index contributed by atoms with van der Waals surface area (Å²) in [4.78, 5) is 23.5. The zero-order chi connectivity index (χ0) is 26.6. The largest absolute Gasteiger partial charge is 0.491 e. The Morgan fingerprint density at radius 3 is 2.76 bits per heavy atom. The van der Waals surface area contributed by atoms with Gasteiger partial charge in [-0.15, -0.1) is 0 Å². The highest BCUT2D eigenvalue weighted by Crippen LogP contribution is 2.37. The molecule has 0 unspecified atom stereocenters. The number of carbonyl (C=O) groups is 1. The topological polar surface area (TPSA) is 99.2 Å². The van der Waals surface area contributed by atoms with E-state index in [0.717, 1.165) is 22.3 Å². The summed E-state index contributed by atoms with van der Waals surface area (Å²) in [6, 6.07) is 10.0. The van der Waals surface area contributed by atoms with Gasteiger partial charge in [-0.3, -0.25) is 14.5 Å². The molecular formula is C29H23FN6O2. The Morgan fingerprint density at radius 2 is 1.95 bits per heavy atom. The van der Waals surface area contributed by atoms with Crippen LogP contribution in [-0.2, 0) is 7.05 Å². The van der Waals surface area contributed by atoms with Crippen LogP contribution in [0, 0.1) is 24.6 Å². The molecule has 0 fully saturated rings. The van der Waals surface area contributed by atoms with Gasteiger partial charge in [0.15, 0.2) is 0 Å². The number of fused-ring (bicyclic) bond motifs is 4. The van der Waals surface area contributed by atoms with Gasteiger partial charge in [0, 0.05) is 54.6 Å². The molecule has 9 heteroatoms. The van der Waals surface area contributed by atoms with Crippen LogP contribution in [0.1, 0.15) is 38.7 Å². The lowest BCUT2D eigenvalue weighted by Crippen LogP contribution is -2.32. The monoisotopic (exact) mass is 506 g/mol. The highest BCUT2D eigenvalue weighted by Gasteiger charge is 2.32. The van der Waals surface area contributed by atoms with Gasteiger partial charge in [-0.2, -0.15) is 5.10 Å². The number of ether oxygens (including phenoxy) is 1. The maximum Gasteiger partial charge on any atom is 0.257 e. The number of hydrogen-bond acceptors (Lipinski definition) is 6. The predicted molar refractivity (Wildman–Crippen MR) is 142 cm³/mol. The van der Waals surface area contributed by atoms with E-state index in [2.05, 4.69) is 26.9 Å². The first-order chi connectivity index (χ1) is 18.3. The van der Waals surface area contributed by atoms with E-state index in [1.807, 2.05) is 31.2 Å². The van der Waals surface area contributed by atoms with E-state index >= 15 is 4.39 Å². The van der Waals surface area contributed by atoms with Crippen LogP contribution >= 0.6 is 0 Å². The number of nitrogen functional groups attached to an aromatic ring is 1. The number of nitrogens with zero attached hydrogens (tertiary/aromatic N) is 5. The van der Waals surface area contributed by atoms with Gasteiger partial charge in [0.2, 0.25) is 0 Å². The molecule has 0 radical (unpaired) electrons. The van der Waals surface area contributed by atoms with Gasteiger partial charge >= 0.3 is 0 Å². The fraction of sp³-hybridized carbons (Fsp3) is 0.172. The Kier molecular flexibility index (Phi) is 5.46. The summed E-state index contributed by atoms with van der Waals surface area (Å²) in [6.07, 6.45) is 5.11. The Bertz CT molecular complexity index is 1830. The van der Waals surface area contributed by atoms with E-state index in [1.54, 1.807) is 37.4 Å². The molecule has 0 spiro atoms. The molecule has 5 aromatic rings. The number of likely N-dealkylation sites (N-methyl/N-ethyl adjacent to an activating group) is 1. The second-order valence-electron chi connectivity index (χ2n) is 9.37. The first-order valence-corrected chi connectivity index (χ1v) is 12.0. The standard InChI is InChI=1S/C29H23FN6O2/c1-16-8-18(13-32-12-16)5-4-17-6-7-19-25(15-38-26(19)9-17)35(2)29(37)20-10-21-24(11-23(20)30)34-28(31)22-14-33-36(3)27(21)22/h6-14,25H,15H2,1-3H3,(H2,31,34)/t25-/m1/s1. The van der Waals surface area contributed by atoms with E-state index < -0.39 is 11.7 Å². The third-order valence-corrected chi connectivity index (χ3v) is 6.81. The van der Waals surface area contributed by atoms with E-state index in [9.17, 15) is 4.79 Å². The second-order valence-corrected chi connectivity index (χ2v) is 9.37. The van der Waals surface area contributed by atoms with Crippen molar-refractivity contribution >= 4 is 33.5 Å². The SMILES string of the molecule is Cc1cncc(C#Cc2ccc3c(c2)OC[C@H]3N(C)C(=O)c2cc3c(cc2F)nc(N)c2cnn(C)c23)c1. The number of amides is 1. The van der Waals surface area contributed by atoms with Crippen LogP contribution < -0.4 is 10.5 Å². The molecule has 8 nitrogen and oxygen atoms in total. The highest BCUT2D eigenvalue weighted by molar-refractivity contribution is 6.10. The van der Waals surface area contributed by atoms with Crippen molar-refractivity contribution in [3.05, 3.63) is 88.6 Å². The molecule has 1 atom stereocenters. The van der Waals surface area contributed by atoms with Gasteiger partial charge < -0.3 is 15.4 Å². The highest BCUT2D eigenvalue weighted by atomic mass is 19.1. The Morgan fingerprint density at radius 1 is 1.13 bits per heavy atom. The molecule has 1 amide bonds. The van der Waals surface area contributed by atoms with Crippen molar-refractivity contribution in [1.29, 1.82) is 0 Å². The second kappa shape index (κ2) is 8.85. The first-order valence-electron chi connectivity index (χ1n) is 12.0. The molecule has 0 saturated carbocycles. The molecule has 0 saturated heterocycles. The minimum absolute atomic E-state index is 0.0585. The fourth-order valence-electron chi connectivity index (χ4n) is 4.83. The fourth-order valence-corrected chi connectivity index (χ4v) is 4.83. The Balaban J connectivity index is 1.31. The summed E-state index contributed by atoms with van der Waals surface area (Å²) >= 11 is 0. The normalized spacial score (nSPS) is 14.2. The molecule has 1 aliphatic rings. The minimum atomic E-state index is -0.668. The van der Waals surface area contributed by atoms with Crippen LogP contribution in [0.3, 0.4) is 0 Å². The molecule has 0 bridgehead atoms. The number of carbonyl (C=O) groups excluding carboxylic acids is 1. The number of halogens is 1. The van der Waals surface area contributed by atoms with Crippen LogP contribution in [0.5, 0.6) is 5.75 Å². The van der Waals surface area contributed by atoms with Crippen molar-refractivity contribution in [2.24, 2.45) is 7.05 Å². The molecule has 2 aromatic carbocycles. The maximum atomic E-state index is 15.2. The Labute approximate surface area is 217 Å². The number of hydrogen-bond donors (Lipinski definition) is 1. The molecule has 38 heavy (non-hydrogen) atoms. The van der Waals surface area contributed by atoms with Crippen LogP contribution in [0.2, 0.25) is 0 Å². The number of anilines is 1. The number of aromatic nitrogens is 4. The zero-order valence-corrected chi connectivity index (χ0v) is 21.0. The number of benzene rings is 2. The van der Waals surface area contributed by atoms with Crippen LogP contribution in [-0.4, -0.2) is 44.2 Å². The van der Waals surface area contributed by atoms with Crippen LogP contribution in [0.25, 0.3) is 21.8 Å². The number of nitrogens with two attached hydrogens (primary N) is 1. The number of pyridine rings is 2. The van der Waals surface area contributed by atoms with Crippen molar-refractivity contribution in [3.63, 3.8) is 0 Å². The molecule has 4 heterocycles. The van der Waals surface area contributed by atoms with Crippen molar-refractivity contribution < 1.29 is 13.9 Å². The van der Waals surface area contributed by atoms with E-state index in [1.165, 1.54) is 17.0 Å². The average molecular weight is 507 g/mol. The van der Waals surface area contributed by atoms with Crippen molar-refractivity contribution in [1.82, 2.24) is 24.6 Å². The minimum Gasteiger partial charge on any atom is -0.491 e. The smallest absolute Gasteiger partial charge is 0.257 e. The van der Waals surface area contributed by atoms with Crippen molar-refractivity contribution in [2.75, 3.05) is 19.4 Å². The summed E-state index contributed by atoms with van der Waals surface area (Å²) in [7, 11) is 3.41. The lowest BCUT2D eigenvalue weighted by atomic mass is 10.0. The Hall–Kier alpha value is -4.97. The van der Waals surface area contributed by atoms with Gasteiger partial charge in [-0.25, -0.2) is 9.37 Å². The third-order valence-electron chi connectivity index (χ3n) is 6.81. The van der Waals surface area contributed by atoms with E-state index in [0.29, 0.717) is 27.6 Å². The average Bonchev–Trinajstić information content (AvgIpc) is 3.50. The van der Waals surface area contributed by atoms with Gasteiger partial charge in [0.1, 0.15) is 24.0 Å². The summed E-state index contributed by atoms with van der Waals surface area (Å²) in [5, 5.41) is 5.49. The molecular weight excluding hydrogens is 483 g/mol.